The highest BCUT2D eigenvalue weighted by atomic mass is 16.5. The van der Waals surface area contributed by atoms with Crippen molar-refractivity contribution in [1.29, 1.82) is 0 Å². The molecule has 84 valence electrons. The van der Waals surface area contributed by atoms with Crippen LogP contribution in [0.15, 0.2) is 16.8 Å². The maximum Gasteiger partial charge on any atom is 0.231 e. The Morgan fingerprint density at radius 1 is 1.56 bits per heavy atom. The molecular formula is C10H13N5O. The normalized spacial score (nSPS) is 20.4. The zero-order valence-corrected chi connectivity index (χ0v) is 9.05. The van der Waals surface area contributed by atoms with Crippen molar-refractivity contribution in [3.05, 3.63) is 18.2 Å². The van der Waals surface area contributed by atoms with E-state index in [1.165, 1.54) is 0 Å². The van der Waals surface area contributed by atoms with Gasteiger partial charge in [-0.05, 0) is 19.0 Å². The van der Waals surface area contributed by atoms with Crippen molar-refractivity contribution in [2.24, 2.45) is 7.05 Å². The molecule has 0 spiro atoms. The summed E-state index contributed by atoms with van der Waals surface area (Å²) < 4.78 is 6.99. The largest absolute Gasteiger partial charge is 0.339 e. The average Bonchev–Trinajstić information content (AvgIpc) is 2.97. The molecule has 1 atom stereocenters. The van der Waals surface area contributed by atoms with Crippen LogP contribution in [0.1, 0.15) is 18.2 Å². The zero-order valence-electron chi connectivity index (χ0n) is 9.05. The summed E-state index contributed by atoms with van der Waals surface area (Å²) in [6.45, 7) is 1.94. The van der Waals surface area contributed by atoms with E-state index in [1.807, 2.05) is 19.3 Å². The number of aryl methyl sites for hydroxylation is 1. The summed E-state index contributed by atoms with van der Waals surface area (Å²) in [5, 5.41) is 11.5. The van der Waals surface area contributed by atoms with Gasteiger partial charge >= 0.3 is 0 Å². The Bertz CT molecular complexity index is 483. The van der Waals surface area contributed by atoms with Crippen LogP contribution in [0.5, 0.6) is 0 Å². The first-order chi connectivity index (χ1) is 7.83. The van der Waals surface area contributed by atoms with Crippen molar-refractivity contribution in [3.8, 4) is 11.5 Å². The fraction of sp³-hybridized carbons (Fsp3) is 0.500. The Morgan fingerprint density at radius 3 is 3.19 bits per heavy atom. The lowest BCUT2D eigenvalue weighted by Crippen LogP contribution is -2.08. The number of hydrogen-bond donors (Lipinski definition) is 1. The minimum Gasteiger partial charge on any atom is -0.339 e. The second-order valence-corrected chi connectivity index (χ2v) is 4.02. The predicted molar refractivity (Wildman–Crippen MR) is 56.7 cm³/mol. The fourth-order valence-corrected chi connectivity index (χ4v) is 1.90. The van der Waals surface area contributed by atoms with Gasteiger partial charge in [0.2, 0.25) is 11.7 Å². The van der Waals surface area contributed by atoms with Crippen LogP contribution in [0.25, 0.3) is 11.5 Å². The molecule has 3 rings (SSSR count). The van der Waals surface area contributed by atoms with E-state index in [4.69, 9.17) is 4.52 Å². The van der Waals surface area contributed by atoms with Crippen molar-refractivity contribution in [2.75, 3.05) is 13.1 Å². The van der Waals surface area contributed by atoms with Gasteiger partial charge in [-0.3, -0.25) is 4.68 Å². The molecule has 1 aliphatic heterocycles. The van der Waals surface area contributed by atoms with Crippen molar-refractivity contribution in [1.82, 2.24) is 25.2 Å². The Balaban J connectivity index is 1.87. The Morgan fingerprint density at radius 2 is 2.50 bits per heavy atom. The lowest BCUT2D eigenvalue weighted by atomic mass is 10.1. The lowest BCUT2D eigenvalue weighted by Gasteiger charge is -1.98. The molecule has 1 saturated heterocycles. The maximum absolute atomic E-state index is 5.26. The van der Waals surface area contributed by atoms with Crippen LogP contribution in [0.3, 0.4) is 0 Å². The molecule has 16 heavy (non-hydrogen) atoms. The standard InChI is InChI=1S/C10H13N5O/c1-15-5-3-8(13-15)9-12-10(16-14-9)7-2-4-11-6-7/h3,5,7,11H,2,4,6H2,1H3. The molecule has 3 heterocycles. The highest BCUT2D eigenvalue weighted by molar-refractivity contribution is 5.46. The molecule has 1 N–H and O–H groups in total. The third-order valence-electron chi connectivity index (χ3n) is 2.79. The first kappa shape index (κ1) is 9.53. The van der Waals surface area contributed by atoms with Gasteiger partial charge < -0.3 is 9.84 Å². The minimum absolute atomic E-state index is 0.352. The van der Waals surface area contributed by atoms with Gasteiger partial charge in [0.1, 0.15) is 5.69 Å². The van der Waals surface area contributed by atoms with E-state index < -0.39 is 0 Å². The first-order valence-corrected chi connectivity index (χ1v) is 5.37. The summed E-state index contributed by atoms with van der Waals surface area (Å²) >= 11 is 0. The van der Waals surface area contributed by atoms with E-state index in [2.05, 4.69) is 20.6 Å². The third kappa shape index (κ3) is 1.61. The summed E-state index contributed by atoms with van der Waals surface area (Å²) in [6, 6.07) is 1.88. The van der Waals surface area contributed by atoms with Crippen LogP contribution >= 0.6 is 0 Å². The van der Waals surface area contributed by atoms with Crippen molar-refractivity contribution < 1.29 is 4.52 Å². The average molecular weight is 219 g/mol. The highest BCUT2D eigenvalue weighted by Gasteiger charge is 2.23. The fourth-order valence-electron chi connectivity index (χ4n) is 1.90. The van der Waals surface area contributed by atoms with Crippen LogP contribution < -0.4 is 5.32 Å². The molecule has 0 radical (unpaired) electrons. The Kier molecular flexibility index (Phi) is 2.21. The molecule has 1 unspecified atom stereocenters. The van der Waals surface area contributed by atoms with E-state index in [9.17, 15) is 0 Å². The summed E-state index contributed by atoms with van der Waals surface area (Å²) in [5.41, 5.74) is 0.753. The molecule has 0 aromatic carbocycles. The van der Waals surface area contributed by atoms with Gasteiger partial charge in [-0.15, -0.1) is 0 Å². The van der Waals surface area contributed by atoms with E-state index in [0.29, 0.717) is 17.6 Å². The number of hydrogen-bond acceptors (Lipinski definition) is 5. The van der Waals surface area contributed by atoms with Gasteiger partial charge in [0.25, 0.3) is 0 Å². The van der Waals surface area contributed by atoms with Crippen LogP contribution in [0.4, 0.5) is 0 Å². The van der Waals surface area contributed by atoms with E-state index in [1.54, 1.807) is 4.68 Å². The maximum atomic E-state index is 5.26. The lowest BCUT2D eigenvalue weighted by molar-refractivity contribution is 0.359. The highest BCUT2D eigenvalue weighted by Crippen LogP contribution is 2.22. The molecule has 0 amide bonds. The van der Waals surface area contributed by atoms with Gasteiger partial charge in [-0.1, -0.05) is 5.16 Å². The number of nitrogens with one attached hydrogen (secondary N) is 1. The number of aromatic nitrogens is 4. The molecule has 1 fully saturated rings. The molecule has 2 aromatic heterocycles. The summed E-state index contributed by atoms with van der Waals surface area (Å²) in [5.74, 6) is 1.64. The summed E-state index contributed by atoms with van der Waals surface area (Å²) in [7, 11) is 1.87. The van der Waals surface area contributed by atoms with Gasteiger partial charge in [-0.25, -0.2) is 0 Å². The topological polar surface area (TPSA) is 68.8 Å². The molecule has 0 bridgehead atoms. The summed E-state index contributed by atoms with van der Waals surface area (Å²) in [6.07, 6.45) is 2.92. The SMILES string of the molecule is Cn1ccc(-c2noc(C3CCNC3)n2)n1. The van der Waals surface area contributed by atoms with Crippen molar-refractivity contribution >= 4 is 0 Å². The molecule has 2 aromatic rings. The smallest absolute Gasteiger partial charge is 0.231 e. The van der Waals surface area contributed by atoms with E-state index in [-0.39, 0.29) is 0 Å². The first-order valence-electron chi connectivity index (χ1n) is 5.37. The number of nitrogens with zero attached hydrogens (tertiary/aromatic N) is 4. The van der Waals surface area contributed by atoms with Crippen molar-refractivity contribution in [3.63, 3.8) is 0 Å². The van der Waals surface area contributed by atoms with Crippen molar-refractivity contribution in [2.45, 2.75) is 12.3 Å². The second kappa shape index (κ2) is 3.71. The van der Waals surface area contributed by atoms with Crippen LogP contribution in [-0.2, 0) is 7.05 Å². The quantitative estimate of drug-likeness (QED) is 0.798. The van der Waals surface area contributed by atoms with E-state index >= 15 is 0 Å². The minimum atomic E-state index is 0.352. The predicted octanol–water partition coefficient (Wildman–Crippen LogP) is 0.547. The van der Waals surface area contributed by atoms with Gasteiger partial charge in [-0.2, -0.15) is 10.1 Å². The summed E-state index contributed by atoms with van der Waals surface area (Å²) in [4.78, 5) is 4.38. The third-order valence-corrected chi connectivity index (χ3v) is 2.79. The monoisotopic (exact) mass is 219 g/mol. The Hall–Kier alpha value is -1.69. The molecular weight excluding hydrogens is 206 g/mol. The second-order valence-electron chi connectivity index (χ2n) is 4.02. The molecule has 0 saturated carbocycles. The van der Waals surface area contributed by atoms with Crippen LogP contribution in [0, 0.1) is 0 Å². The number of rotatable bonds is 2. The van der Waals surface area contributed by atoms with Gasteiger partial charge in [0, 0.05) is 19.8 Å². The Labute approximate surface area is 92.6 Å². The zero-order chi connectivity index (χ0) is 11.0. The van der Waals surface area contributed by atoms with Gasteiger partial charge in [0.15, 0.2) is 0 Å². The van der Waals surface area contributed by atoms with Crippen LogP contribution in [-0.4, -0.2) is 33.0 Å². The molecule has 0 aliphatic carbocycles. The van der Waals surface area contributed by atoms with Crippen LogP contribution in [0.2, 0.25) is 0 Å². The van der Waals surface area contributed by atoms with E-state index in [0.717, 1.165) is 25.2 Å². The molecule has 6 nitrogen and oxygen atoms in total. The van der Waals surface area contributed by atoms with Gasteiger partial charge in [0.05, 0.1) is 5.92 Å². The molecule has 1 aliphatic rings. The molecule has 6 heteroatoms.